The molecule has 0 spiro atoms. The van der Waals surface area contributed by atoms with Gasteiger partial charge in [-0.05, 0) is 66.5 Å². The van der Waals surface area contributed by atoms with Gasteiger partial charge in [0.2, 0.25) is 0 Å². The van der Waals surface area contributed by atoms with E-state index in [1.165, 1.54) is 0 Å². The van der Waals surface area contributed by atoms with Gasteiger partial charge in [0.05, 0.1) is 34.4 Å². The minimum Gasteiger partial charge on any atom is -0.432 e. The standard InChI is InChI=1S/C27H32O12/c1-18(2)20-8-12-22(13-9-20)24(28)34-38-36-26(30)32-16-6-5-7-17-33-27(31)37-39-35-25(29)23-14-10-21(11-15-23)19(3)4/h8-15,18-19H,5-7,16-17H2,1-4H3. The second kappa shape index (κ2) is 16.6. The van der Waals surface area contributed by atoms with Crippen molar-refractivity contribution in [3.8, 4) is 0 Å². The van der Waals surface area contributed by atoms with Crippen LogP contribution in [-0.4, -0.2) is 37.5 Å². The van der Waals surface area contributed by atoms with E-state index >= 15 is 0 Å². The predicted octanol–water partition coefficient (Wildman–Crippen LogP) is 6.12. The molecule has 0 aliphatic carbocycles. The van der Waals surface area contributed by atoms with Crippen LogP contribution in [0.2, 0.25) is 0 Å². The van der Waals surface area contributed by atoms with Gasteiger partial charge in [-0.3, -0.25) is 9.78 Å². The molecule has 0 radical (unpaired) electrons. The molecule has 0 heterocycles. The molecule has 2 aromatic carbocycles. The van der Waals surface area contributed by atoms with Gasteiger partial charge in [0.1, 0.15) is 0 Å². The molecule has 0 aliphatic heterocycles. The lowest BCUT2D eigenvalue weighted by molar-refractivity contribution is -0.452. The average molecular weight is 549 g/mol. The molecule has 2 rings (SSSR count). The van der Waals surface area contributed by atoms with Gasteiger partial charge in [0.25, 0.3) is 0 Å². The van der Waals surface area contributed by atoms with Crippen molar-refractivity contribution in [1.29, 1.82) is 0 Å². The number of rotatable bonds is 14. The van der Waals surface area contributed by atoms with Crippen molar-refractivity contribution in [2.24, 2.45) is 0 Å². The summed E-state index contributed by atoms with van der Waals surface area (Å²) >= 11 is 0. The van der Waals surface area contributed by atoms with Gasteiger partial charge in [-0.1, -0.05) is 52.0 Å². The van der Waals surface area contributed by atoms with Crippen molar-refractivity contribution in [2.45, 2.75) is 58.8 Å². The molecule has 0 fully saturated rings. The highest BCUT2D eigenvalue weighted by Gasteiger charge is 2.14. The van der Waals surface area contributed by atoms with Gasteiger partial charge >= 0.3 is 24.2 Å². The Bertz CT molecular complexity index is 976. The maximum atomic E-state index is 11.8. The van der Waals surface area contributed by atoms with Crippen LogP contribution in [0.1, 0.15) is 90.6 Å². The molecule has 0 atom stereocenters. The molecule has 0 bridgehead atoms. The van der Waals surface area contributed by atoms with Gasteiger partial charge in [-0.15, -0.1) is 0 Å². The quantitative estimate of drug-likeness (QED) is 0.116. The number of hydrogen-bond acceptors (Lipinski definition) is 12. The van der Waals surface area contributed by atoms with Crippen molar-refractivity contribution >= 4 is 24.2 Å². The topological polar surface area (TPSA) is 142 Å². The lowest BCUT2D eigenvalue weighted by Crippen LogP contribution is -2.13. The SMILES string of the molecule is CC(C)c1ccc(C(=O)OOOC(=O)OCCCCCOC(=O)OOOC(=O)c2ccc(C(C)C)cc2)cc1. The zero-order valence-corrected chi connectivity index (χ0v) is 22.2. The minimum atomic E-state index is -1.19. The third-order valence-electron chi connectivity index (χ3n) is 5.28. The van der Waals surface area contributed by atoms with E-state index < -0.39 is 24.2 Å². The molecule has 0 saturated heterocycles. The number of unbranched alkanes of at least 4 members (excludes halogenated alkanes) is 2. The van der Waals surface area contributed by atoms with Crippen molar-refractivity contribution in [3.63, 3.8) is 0 Å². The first-order valence-electron chi connectivity index (χ1n) is 12.3. The highest BCUT2D eigenvalue weighted by atomic mass is 17.5. The zero-order valence-electron chi connectivity index (χ0n) is 22.2. The molecule has 12 heteroatoms. The molecule has 12 nitrogen and oxygen atoms in total. The molecule has 0 amide bonds. The van der Waals surface area contributed by atoms with E-state index in [0.29, 0.717) is 31.1 Å². The molecule has 2 aromatic rings. The molecular weight excluding hydrogens is 516 g/mol. The van der Waals surface area contributed by atoms with Crippen LogP contribution in [0.15, 0.2) is 48.5 Å². The van der Waals surface area contributed by atoms with E-state index in [1.807, 2.05) is 27.7 Å². The van der Waals surface area contributed by atoms with Crippen LogP contribution in [0.5, 0.6) is 0 Å². The summed E-state index contributed by atoms with van der Waals surface area (Å²) in [5.41, 5.74) is 2.55. The maximum Gasteiger partial charge on any atom is 0.543 e. The average Bonchev–Trinajstić information content (AvgIpc) is 2.92. The van der Waals surface area contributed by atoms with Crippen LogP contribution in [-0.2, 0) is 39.1 Å². The number of hydrogen-bond donors (Lipinski definition) is 0. The van der Waals surface area contributed by atoms with Crippen LogP contribution in [0.4, 0.5) is 9.59 Å². The summed E-state index contributed by atoms with van der Waals surface area (Å²) in [7, 11) is 0. The normalized spacial score (nSPS) is 10.6. The van der Waals surface area contributed by atoms with Gasteiger partial charge < -0.3 is 9.47 Å². The van der Waals surface area contributed by atoms with E-state index in [0.717, 1.165) is 11.1 Å². The Balaban J connectivity index is 1.45. The molecule has 0 unspecified atom stereocenters. The van der Waals surface area contributed by atoms with Crippen LogP contribution in [0.3, 0.4) is 0 Å². The highest BCUT2D eigenvalue weighted by Crippen LogP contribution is 2.16. The lowest BCUT2D eigenvalue weighted by Gasteiger charge is -2.07. The molecule has 0 saturated carbocycles. The molecule has 39 heavy (non-hydrogen) atoms. The molecule has 0 N–H and O–H groups in total. The fourth-order valence-corrected chi connectivity index (χ4v) is 3.00. The number of benzene rings is 2. The van der Waals surface area contributed by atoms with Crippen molar-refractivity contribution in [3.05, 3.63) is 70.8 Å². The monoisotopic (exact) mass is 548 g/mol. The zero-order chi connectivity index (χ0) is 28.6. The number of ether oxygens (including phenoxy) is 2. The maximum absolute atomic E-state index is 11.8. The van der Waals surface area contributed by atoms with Crippen LogP contribution in [0, 0.1) is 0 Å². The van der Waals surface area contributed by atoms with E-state index in [2.05, 4.69) is 29.6 Å². The molecule has 0 aromatic heterocycles. The Kier molecular flexibility index (Phi) is 13.2. The summed E-state index contributed by atoms with van der Waals surface area (Å²) < 4.78 is 9.50. The Hall–Kier alpha value is -4.16. The first-order valence-corrected chi connectivity index (χ1v) is 12.3. The van der Waals surface area contributed by atoms with Crippen LogP contribution < -0.4 is 0 Å². The Morgan fingerprint density at radius 2 is 0.897 bits per heavy atom. The van der Waals surface area contributed by atoms with Gasteiger partial charge in [0.15, 0.2) is 0 Å². The van der Waals surface area contributed by atoms with E-state index in [-0.39, 0.29) is 24.3 Å². The molecular formula is C27H32O12. The second-order valence-corrected chi connectivity index (χ2v) is 8.86. The highest BCUT2D eigenvalue weighted by molar-refractivity contribution is 5.89. The predicted molar refractivity (Wildman–Crippen MR) is 133 cm³/mol. The first kappa shape index (κ1) is 31.1. The minimum absolute atomic E-state index is 0.0194. The van der Waals surface area contributed by atoms with Crippen molar-refractivity contribution in [1.82, 2.24) is 0 Å². The van der Waals surface area contributed by atoms with Crippen molar-refractivity contribution < 1.29 is 58.3 Å². The fraction of sp³-hybridized carbons (Fsp3) is 0.407. The van der Waals surface area contributed by atoms with Gasteiger partial charge in [0, 0.05) is 0 Å². The summed E-state index contributed by atoms with van der Waals surface area (Å²) in [6, 6.07) is 13.4. The summed E-state index contributed by atoms with van der Waals surface area (Å²) in [6.45, 7) is 8.05. The second-order valence-electron chi connectivity index (χ2n) is 8.86. The van der Waals surface area contributed by atoms with E-state index in [1.54, 1.807) is 48.5 Å². The number of carbonyl (C=O) groups is 4. The Morgan fingerprint density at radius 3 is 1.23 bits per heavy atom. The van der Waals surface area contributed by atoms with E-state index in [4.69, 9.17) is 9.47 Å². The van der Waals surface area contributed by atoms with Gasteiger partial charge in [-0.25, -0.2) is 29.0 Å². The summed E-state index contributed by atoms with van der Waals surface area (Å²) in [4.78, 5) is 63.8. The van der Waals surface area contributed by atoms with E-state index in [9.17, 15) is 19.2 Å². The summed E-state index contributed by atoms with van der Waals surface area (Å²) in [6.07, 6.45) is -1.04. The van der Waals surface area contributed by atoms with Crippen LogP contribution in [0.25, 0.3) is 0 Å². The van der Waals surface area contributed by atoms with Crippen molar-refractivity contribution in [2.75, 3.05) is 13.2 Å². The fourth-order valence-electron chi connectivity index (χ4n) is 3.00. The third kappa shape index (κ3) is 11.8. The lowest BCUT2D eigenvalue weighted by atomic mass is 10.0. The first-order chi connectivity index (χ1) is 18.7. The third-order valence-corrected chi connectivity index (χ3v) is 5.28. The Labute approximate surface area is 225 Å². The largest absolute Gasteiger partial charge is 0.543 e. The summed E-state index contributed by atoms with van der Waals surface area (Å²) in [5.74, 6) is -1.05. The smallest absolute Gasteiger partial charge is 0.432 e. The van der Waals surface area contributed by atoms with Crippen LogP contribution >= 0.6 is 0 Å². The summed E-state index contributed by atoms with van der Waals surface area (Å²) in [5, 5.41) is 8.32. The number of carbonyl (C=O) groups excluding carboxylic acids is 4. The molecule has 212 valence electrons. The van der Waals surface area contributed by atoms with Gasteiger partial charge in [-0.2, -0.15) is 0 Å². The Morgan fingerprint density at radius 1 is 0.538 bits per heavy atom. The molecule has 0 aliphatic rings.